The third-order valence-electron chi connectivity index (χ3n) is 6.23. The zero-order chi connectivity index (χ0) is 21.7. The SMILES string of the molecule is CCC(C1CCCC1)N1N=C(C)/C(=C2/C(=O)C(c3c(O)cc(O)cc3O)=C2O)C1=O. The number of carbonyl (C=O) groups is 2. The molecule has 0 aromatic heterocycles. The first-order valence-electron chi connectivity index (χ1n) is 10.1. The van der Waals surface area contributed by atoms with Gasteiger partial charge in [0.1, 0.15) is 23.0 Å². The number of hydrogen-bond acceptors (Lipinski definition) is 7. The molecule has 2 aliphatic carbocycles. The molecule has 4 rings (SSSR count). The molecular formula is C22H24N2O6. The van der Waals surface area contributed by atoms with Crippen LogP contribution in [-0.2, 0) is 9.59 Å². The molecule has 1 atom stereocenters. The molecular weight excluding hydrogens is 388 g/mol. The third kappa shape index (κ3) is 2.86. The molecule has 1 aromatic rings. The Morgan fingerprint density at radius 1 is 1.03 bits per heavy atom. The Morgan fingerprint density at radius 2 is 1.63 bits per heavy atom. The summed E-state index contributed by atoms with van der Waals surface area (Å²) in [5.74, 6) is -2.70. The van der Waals surface area contributed by atoms with Crippen molar-refractivity contribution in [3.63, 3.8) is 0 Å². The Balaban J connectivity index is 1.74. The number of rotatable bonds is 4. The number of allylic oxidation sites excluding steroid dienone is 2. The number of carbonyl (C=O) groups excluding carboxylic acids is 2. The van der Waals surface area contributed by atoms with Crippen LogP contribution in [0.15, 0.2) is 34.1 Å². The average molecular weight is 412 g/mol. The molecule has 1 aromatic carbocycles. The van der Waals surface area contributed by atoms with Crippen molar-refractivity contribution < 1.29 is 30.0 Å². The first-order chi connectivity index (χ1) is 14.3. The first-order valence-corrected chi connectivity index (χ1v) is 10.1. The van der Waals surface area contributed by atoms with Crippen molar-refractivity contribution in [2.24, 2.45) is 11.0 Å². The Hall–Kier alpha value is -3.29. The minimum Gasteiger partial charge on any atom is -0.508 e. The highest BCUT2D eigenvalue weighted by atomic mass is 16.3. The number of ketones is 1. The standard InChI is InChI=1S/C22H24N2O6/c1-3-13(11-6-4-5-7-11)24-22(30)16(10(2)23-24)18-20(28)19(21(18)29)17-14(26)8-12(25)9-15(17)27/h8-9,11,13,25-28H,3-7H2,1-2H3/b18-16-. The smallest absolute Gasteiger partial charge is 0.277 e. The van der Waals surface area contributed by atoms with Crippen molar-refractivity contribution in [1.82, 2.24) is 5.01 Å². The molecule has 0 spiro atoms. The molecule has 158 valence electrons. The molecule has 1 saturated carbocycles. The molecule has 8 nitrogen and oxygen atoms in total. The lowest BCUT2D eigenvalue weighted by Gasteiger charge is -2.29. The van der Waals surface area contributed by atoms with Gasteiger partial charge in [0, 0.05) is 12.1 Å². The molecule has 4 N–H and O–H groups in total. The van der Waals surface area contributed by atoms with E-state index in [0.717, 1.165) is 44.2 Å². The van der Waals surface area contributed by atoms with E-state index in [1.807, 2.05) is 6.92 Å². The largest absolute Gasteiger partial charge is 0.508 e. The van der Waals surface area contributed by atoms with E-state index in [0.29, 0.717) is 11.6 Å². The van der Waals surface area contributed by atoms with Gasteiger partial charge in [-0.05, 0) is 32.1 Å². The van der Waals surface area contributed by atoms with Gasteiger partial charge in [-0.2, -0.15) is 5.10 Å². The van der Waals surface area contributed by atoms with E-state index in [4.69, 9.17) is 0 Å². The second-order valence-electron chi connectivity index (χ2n) is 8.02. The highest BCUT2D eigenvalue weighted by molar-refractivity contribution is 6.44. The second-order valence-corrected chi connectivity index (χ2v) is 8.02. The number of amides is 1. The van der Waals surface area contributed by atoms with Crippen molar-refractivity contribution in [1.29, 1.82) is 0 Å². The zero-order valence-electron chi connectivity index (χ0n) is 16.8. The van der Waals surface area contributed by atoms with Crippen LogP contribution < -0.4 is 0 Å². The van der Waals surface area contributed by atoms with E-state index >= 15 is 0 Å². The number of aliphatic hydroxyl groups is 1. The molecule has 30 heavy (non-hydrogen) atoms. The molecule has 0 bridgehead atoms. The van der Waals surface area contributed by atoms with Gasteiger partial charge in [-0.1, -0.05) is 19.8 Å². The molecule has 8 heteroatoms. The first kappa shape index (κ1) is 20.0. The van der Waals surface area contributed by atoms with Crippen LogP contribution in [0.25, 0.3) is 5.57 Å². The molecule has 1 fully saturated rings. The van der Waals surface area contributed by atoms with Crippen LogP contribution in [-0.4, -0.2) is 48.9 Å². The van der Waals surface area contributed by atoms with Gasteiger partial charge in [0.15, 0.2) is 0 Å². The molecule has 0 radical (unpaired) electrons. The van der Waals surface area contributed by atoms with Crippen LogP contribution in [0.3, 0.4) is 0 Å². The molecule has 1 aliphatic heterocycles. The van der Waals surface area contributed by atoms with E-state index < -0.39 is 28.9 Å². The minimum absolute atomic E-state index is 0.0513. The summed E-state index contributed by atoms with van der Waals surface area (Å²) in [5, 5.41) is 46.0. The highest BCUT2D eigenvalue weighted by Crippen LogP contribution is 2.47. The highest BCUT2D eigenvalue weighted by Gasteiger charge is 2.46. The summed E-state index contributed by atoms with van der Waals surface area (Å²) in [6.45, 7) is 3.63. The summed E-state index contributed by atoms with van der Waals surface area (Å²) in [4.78, 5) is 26.0. The zero-order valence-corrected chi connectivity index (χ0v) is 16.8. The number of hydrogen-bond donors (Lipinski definition) is 4. The molecule has 1 amide bonds. The number of phenols is 3. The van der Waals surface area contributed by atoms with E-state index in [-0.39, 0.29) is 34.1 Å². The molecule has 0 saturated heterocycles. The number of aromatic hydroxyl groups is 3. The number of benzene rings is 1. The van der Waals surface area contributed by atoms with Crippen molar-refractivity contribution in [3.8, 4) is 17.2 Å². The van der Waals surface area contributed by atoms with Gasteiger partial charge in [0.25, 0.3) is 5.91 Å². The van der Waals surface area contributed by atoms with E-state index in [2.05, 4.69) is 5.10 Å². The maximum atomic E-state index is 13.2. The summed E-state index contributed by atoms with van der Waals surface area (Å²) in [6.07, 6.45) is 5.08. The van der Waals surface area contributed by atoms with Crippen molar-refractivity contribution in [2.45, 2.75) is 52.0 Å². The molecule has 3 aliphatic rings. The monoisotopic (exact) mass is 412 g/mol. The Bertz CT molecular complexity index is 1020. The average Bonchev–Trinajstić information content (AvgIpc) is 3.30. The van der Waals surface area contributed by atoms with Gasteiger partial charge >= 0.3 is 0 Å². The number of Topliss-reactive ketones (excluding diaryl/α,β-unsaturated/α-hetero) is 1. The predicted molar refractivity (Wildman–Crippen MR) is 109 cm³/mol. The summed E-state index contributed by atoms with van der Waals surface area (Å²) < 4.78 is 0. The van der Waals surface area contributed by atoms with Crippen LogP contribution in [0.5, 0.6) is 17.2 Å². The predicted octanol–water partition coefficient (Wildman–Crippen LogP) is 3.14. The van der Waals surface area contributed by atoms with Crippen molar-refractivity contribution >= 4 is 23.0 Å². The van der Waals surface area contributed by atoms with Crippen molar-refractivity contribution in [3.05, 3.63) is 34.6 Å². The number of aliphatic hydroxyl groups excluding tert-OH is 1. The maximum Gasteiger partial charge on any atom is 0.277 e. The number of nitrogens with zero attached hydrogens (tertiary/aromatic N) is 2. The van der Waals surface area contributed by atoms with Crippen LogP contribution in [0.1, 0.15) is 51.5 Å². The summed E-state index contributed by atoms with van der Waals surface area (Å²) in [5.41, 5.74) is -0.338. The van der Waals surface area contributed by atoms with Gasteiger partial charge in [-0.25, -0.2) is 5.01 Å². The Labute approximate surface area is 173 Å². The van der Waals surface area contributed by atoms with Crippen molar-refractivity contribution in [2.75, 3.05) is 0 Å². The summed E-state index contributed by atoms with van der Waals surface area (Å²) in [6, 6.07) is 1.85. The fourth-order valence-electron chi connectivity index (χ4n) is 4.81. The number of phenolic OH excluding ortho intramolecular Hbond substituents is 3. The van der Waals surface area contributed by atoms with Gasteiger partial charge in [0.05, 0.1) is 34.0 Å². The fourth-order valence-corrected chi connectivity index (χ4v) is 4.81. The van der Waals surface area contributed by atoms with Gasteiger partial charge < -0.3 is 20.4 Å². The fraction of sp³-hybridized carbons (Fsp3) is 0.409. The maximum absolute atomic E-state index is 13.2. The summed E-state index contributed by atoms with van der Waals surface area (Å²) >= 11 is 0. The second kappa shape index (κ2) is 7.19. The third-order valence-corrected chi connectivity index (χ3v) is 6.23. The van der Waals surface area contributed by atoms with Crippen LogP contribution in [0.2, 0.25) is 0 Å². The van der Waals surface area contributed by atoms with E-state index in [1.165, 1.54) is 5.01 Å². The van der Waals surface area contributed by atoms with Gasteiger partial charge in [-0.3, -0.25) is 9.59 Å². The van der Waals surface area contributed by atoms with Crippen LogP contribution in [0.4, 0.5) is 0 Å². The topological polar surface area (TPSA) is 131 Å². The molecule has 1 unspecified atom stereocenters. The Kier molecular flexibility index (Phi) is 4.80. The van der Waals surface area contributed by atoms with Crippen LogP contribution >= 0.6 is 0 Å². The lowest BCUT2D eigenvalue weighted by molar-refractivity contribution is -0.129. The van der Waals surface area contributed by atoms with Gasteiger partial charge in [0.2, 0.25) is 5.78 Å². The Morgan fingerprint density at radius 3 is 2.17 bits per heavy atom. The van der Waals surface area contributed by atoms with Gasteiger partial charge in [-0.15, -0.1) is 0 Å². The normalized spacial score (nSPS) is 23.3. The van der Waals surface area contributed by atoms with Crippen LogP contribution in [0, 0.1) is 5.92 Å². The molecule has 1 heterocycles. The quantitative estimate of drug-likeness (QED) is 0.562. The summed E-state index contributed by atoms with van der Waals surface area (Å²) in [7, 11) is 0. The lowest BCUT2D eigenvalue weighted by Crippen LogP contribution is -2.39. The van der Waals surface area contributed by atoms with E-state index in [1.54, 1.807) is 6.92 Å². The van der Waals surface area contributed by atoms with E-state index in [9.17, 15) is 30.0 Å². The number of hydrazone groups is 1. The lowest BCUT2D eigenvalue weighted by atomic mass is 9.79. The minimum atomic E-state index is -0.669.